The highest BCUT2D eigenvalue weighted by atomic mass is 16.4. The molecule has 84 valence electrons. The van der Waals surface area contributed by atoms with Gasteiger partial charge in [0.1, 0.15) is 18.7 Å². The Kier molecular flexibility index (Phi) is 1.98. The molecule has 4 heteroatoms. The van der Waals surface area contributed by atoms with Gasteiger partial charge in [0.15, 0.2) is 6.20 Å². The van der Waals surface area contributed by atoms with Crippen LogP contribution in [0.15, 0.2) is 36.7 Å². The van der Waals surface area contributed by atoms with E-state index in [4.69, 9.17) is 0 Å². The van der Waals surface area contributed by atoms with Crippen LogP contribution in [0.5, 0.6) is 0 Å². The predicted molar refractivity (Wildman–Crippen MR) is 60.3 cm³/mol. The maximum absolute atomic E-state index is 11.4. The summed E-state index contributed by atoms with van der Waals surface area (Å²) in [4.78, 5) is 15.7. The van der Waals surface area contributed by atoms with Crippen molar-refractivity contribution in [2.75, 3.05) is 0 Å². The Hall–Kier alpha value is -2.23. The monoisotopic (exact) mass is 227 g/mol. The Balaban J connectivity index is 2.38. The summed E-state index contributed by atoms with van der Waals surface area (Å²) in [6.07, 6.45) is 3.60. The molecule has 1 aliphatic carbocycles. The molecular formula is C13H11N2O2+. The van der Waals surface area contributed by atoms with E-state index in [-0.39, 0.29) is 0 Å². The van der Waals surface area contributed by atoms with Crippen LogP contribution in [0.1, 0.15) is 17.0 Å². The van der Waals surface area contributed by atoms with Crippen LogP contribution in [-0.4, -0.2) is 16.1 Å². The average molecular weight is 227 g/mol. The van der Waals surface area contributed by atoms with Gasteiger partial charge in [0.05, 0.1) is 0 Å². The van der Waals surface area contributed by atoms with Gasteiger partial charge in [0.2, 0.25) is 5.69 Å². The Labute approximate surface area is 98.2 Å². The van der Waals surface area contributed by atoms with E-state index in [1.54, 1.807) is 12.3 Å². The van der Waals surface area contributed by atoms with Crippen LogP contribution in [-0.2, 0) is 11.8 Å². The number of carbonyl (C=O) groups is 1. The molecule has 0 saturated carbocycles. The van der Waals surface area contributed by atoms with Crippen molar-refractivity contribution in [1.29, 1.82) is 0 Å². The zero-order valence-electron chi connectivity index (χ0n) is 9.29. The van der Waals surface area contributed by atoms with Crippen molar-refractivity contribution in [2.45, 2.75) is 5.92 Å². The summed E-state index contributed by atoms with van der Waals surface area (Å²) < 4.78 is 1.92. The van der Waals surface area contributed by atoms with Gasteiger partial charge in [-0.3, -0.25) is 4.79 Å². The second-order valence-electron chi connectivity index (χ2n) is 4.14. The van der Waals surface area contributed by atoms with Crippen LogP contribution < -0.4 is 4.57 Å². The lowest BCUT2D eigenvalue weighted by Gasteiger charge is -2.04. The first kappa shape index (κ1) is 9.96. The summed E-state index contributed by atoms with van der Waals surface area (Å²) in [7, 11) is 1.90. The van der Waals surface area contributed by atoms with E-state index in [9.17, 15) is 9.90 Å². The third kappa shape index (κ3) is 1.27. The van der Waals surface area contributed by atoms with Gasteiger partial charge in [-0.25, -0.2) is 4.98 Å². The molecule has 3 rings (SSSR count). The molecule has 1 N–H and O–H groups in total. The first-order valence-corrected chi connectivity index (χ1v) is 5.37. The fourth-order valence-electron chi connectivity index (χ4n) is 2.45. The fraction of sp³-hybridized carbons (Fsp3) is 0.154. The second kappa shape index (κ2) is 3.38. The molecule has 0 bridgehead atoms. The highest BCUT2D eigenvalue weighted by molar-refractivity contribution is 5.89. The molecule has 0 spiro atoms. The van der Waals surface area contributed by atoms with Crippen molar-refractivity contribution in [3.63, 3.8) is 0 Å². The molecule has 0 amide bonds. The molecule has 0 saturated heterocycles. The fourth-order valence-corrected chi connectivity index (χ4v) is 2.45. The number of nitrogens with zero attached hydrogens (tertiary/aromatic N) is 2. The molecule has 17 heavy (non-hydrogen) atoms. The number of hydrogen-bond donors (Lipinski definition) is 1. The minimum atomic E-state index is -0.829. The molecule has 1 aliphatic rings. The van der Waals surface area contributed by atoms with E-state index >= 15 is 0 Å². The average Bonchev–Trinajstić information content (AvgIpc) is 2.64. The molecule has 0 fully saturated rings. The number of fused-ring (bicyclic) bond motifs is 3. The van der Waals surface area contributed by atoms with Gasteiger partial charge in [0.25, 0.3) is 0 Å². The third-order valence-electron chi connectivity index (χ3n) is 3.14. The first-order chi connectivity index (χ1) is 8.20. The maximum atomic E-state index is 11.4. The summed E-state index contributed by atoms with van der Waals surface area (Å²) in [5.41, 5.74) is 3.27. The van der Waals surface area contributed by atoms with Crippen molar-refractivity contribution >= 4 is 5.97 Å². The van der Waals surface area contributed by atoms with E-state index in [0.717, 1.165) is 22.5 Å². The van der Waals surface area contributed by atoms with Crippen LogP contribution >= 0.6 is 0 Å². The number of aryl methyl sites for hydroxylation is 1. The van der Waals surface area contributed by atoms with Crippen molar-refractivity contribution in [3.8, 4) is 11.4 Å². The highest BCUT2D eigenvalue weighted by Gasteiger charge is 2.39. The summed E-state index contributed by atoms with van der Waals surface area (Å²) in [6, 6.07) is 7.33. The van der Waals surface area contributed by atoms with Gasteiger partial charge in [-0.2, -0.15) is 4.57 Å². The SMILES string of the molecule is C[n+]1cccc2c1-c1ncccc1C2C(=O)O. The Morgan fingerprint density at radius 2 is 2.12 bits per heavy atom. The lowest BCUT2D eigenvalue weighted by Crippen LogP contribution is -2.31. The lowest BCUT2D eigenvalue weighted by molar-refractivity contribution is -0.660. The summed E-state index contributed by atoms with van der Waals surface area (Å²) >= 11 is 0. The highest BCUT2D eigenvalue weighted by Crippen LogP contribution is 2.41. The molecule has 2 aromatic heterocycles. The molecule has 1 unspecified atom stereocenters. The first-order valence-electron chi connectivity index (χ1n) is 5.37. The quantitative estimate of drug-likeness (QED) is 0.742. The Morgan fingerprint density at radius 1 is 1.35 bits per heavy atom. The van der Waals surface area contributed by atoms with Gasteiger partial charge in [0, 0.05) is 23.4 Å². The standard InChI is InChI=1S/C13H10N2O2/c1-15-7-3-5-9-10(13(16)17)8-4-2-6-14-11(8)12(9)15/h2-7,10H,1H3/p+1. The molecule has 0 aromatic carbocycles. The van der Waals surface area contributed by atoms with Gasteiger partial charge in [-0.15, -0.1) is 0 Å². The van der Waals surface area contributed by atoms with Crippen LogP contribution in [0, 0.1) is 0 Å². The van der Waals surface area contributed by atoms with Crippen molar-refractivity contribution in [1.82, 2.24) is 4.98 Å². The molecule has 1 atom stereocenters. The topological polar surface area (TPSA) is 54.1 Å². The van der Waals surface area contributed by atoms with Crippen molar-refractivity contribution < 1.29 is 14.5 Å². The van der Waals surface area contributed by atoms with Crippen LogP contribution in [0.2, 0.25) is 0 Å². The zero-order valence-corrected chi connectivity index (χ0v) is 9.29. The largest absolute Gasteiger partial charge is 0.481 e. The number of hydrogen-bond acceptors (Lipinski definition) is 2. The van der Waals surface area contributed by atoms with Gasteiger partial charge in [-0.05, 0) is 12.1 Å². The predicted octanol–water partition coefficient (Wildman–Crippen LogP) is 1.10. The Morgan fingerprint density at radius 3 is 2.88 bits per heavy atom. The number of carboxylic acids is 1. The molecule has 0 aliphatic heterocycles. The number of aromatic nitrogens is 2. The van der Waals surface area contributed by atoms with Crippen LogP contribution in [0.4, 0.5) is 0 Å². The number of pyridine rings is 2. The summed E-state index contributed by atoms with van der Waals surface area (Å²) in [5, 5.41) is 9.36. The van der Waals surface area contributed by atoms with Crippen LogP contribution in [0.25, 0.3) is 11.4 Å². The van der Waals surface area contributed by atoms with E-state index in [1.165, 1.54) is 0 Å². The van der Waals surface area contributed by atoms with E-state index in [2.05, 4.69) is 4.98 Å². The van der Waals surface area contributed by atoms with Crippen molar-refractivity contribution in [3.05, 3.63) is 47.8 Å². The number of rotatable bonds is 1. The molecule has 0 radical (unpaired) electrons. The maximum Gasteiger partial charge on any atom is 0.315 e. The van der Waals surface area contributed by atoms with E-state index < -0.39 is 11.9 Å². The minimum absolute atomic E-state index is 0.596. The van der Waals surface area contributed by atoms with Gasteiger partial charge in [-0.1, -0.05) is 6.07 Å². The molecular weight excluding hydrogens is 216 g/mol. The third-order valence-corrected chi connectivity index (χ3v) is 3.14. The molecule has 2 heterocycles. The molecule has 2 aromatic rings. The zero-order chi connectivity index (χ0) is 12.0. The smallest absolute Gasteiger partial charge is 0.315 e. The summed E-state index contributed by atoms with van der Waals surface area (Å²) in [5.74, 6) is -1.43. The number of aliphatic carboxylic acids is 1. The van der Waals surface area contributed by atoms with Gasteiger partial charge < -0.3 is 5.11 Å². The van der Waals surface area contributed by atoms with Gasteiger partial charge >= 0.3 is 5.97 Å². The number of carboxylic acid groups (broad SMARTS) is 1. The molecule has 4 nitrogen and oxygen atoms in total. The Bertz CT molecular complexity index is 623. The minimum Gasteiger partial charge on any atom is -0.481 e. The van der Waals surface area contributed by atoms with E-state index in [0.29, 0.717) is 0 Å². The normalized spacial score (nSPS) is 16.4. The van der Waals surface area contributed by atoms with E-state index in [1.807, 2.05) is 36.0 Å². The van der Waals surface area contributed by atoms with Crippen molar-refractivity contribution in [2.24, 2.45) is 7.05 Å². The second-order valence-corrected chi connectivity index (χ2v) is 4.14. The summed E-state index contributed by atoms with van der Waals surface area (Å²) in [6.45, 7) is 0. The lowest BCUT2D eigenvalue weighted by atomic mass is 9.99. The van der Waals surface area contributed by atoms with Crippen LogP contribution in [0.3, 0.4) is 0 Å².